The number of rotatable bonds is 15. The Labute approximate surface area is 225 Å². The summed E-state index contributed by atoms with van der Waals surface area (Å²) >= 11 is 0. The summed E-state index contributed by atoms with van der Waals surface area (Å²) < 4.78 is 22.0. The van der Waals surface area contributed by atoms with Crippen LogP contribution in [-0.2, 0) is 9.47 Å². The summed E-state index contributed by atoms with van der Waals surface area (Å²) in [6.45, 7) is 7.78. The fraction of sp³-hybridized carbons (Fsp3) is 0.375. The Balaban J connectivity index is 1.49. The van der Waals surface area contributed by atoms with Crippen LogP contribution in [0.2, 0.25) is 0 Å². The highest BCUT2D eigenvalue weighted by Gasteiger charge is 2.14. The van der Waals surface area contributed by atoms with Gasteiger partial charge in [-0.05, 0) is 86.3 Å². The highest BCUT2D eigenvalue weighted by molar-refractivity contribution is 5.92. The highest BCUT2D eigenvalue weighted by Crippen LogP contribution is 2.24. The van der Waals surface area contributed by atoms with Crippen LogP contribution in [0.25, 0.3) is 11.1 Å². The van der Waals surface area contributed by atoms with Crippen LogP contribution in [0.15, 0.2) is 72.8 Å². The predicted octanol–water partition coefficient (Wildman–Crippen LogP) is 7.50. The second-order valence-electron chi connectivity index (χ2n) is 9.13. The molecule has 0 heterocycles. The topological polar surface area (TPSA) is 71.1 Å². The predicted molar refractivity (Wildman–Crippen MR) is 149 cm³/mol. The smallest absolute Gasteiger partial charge is 0.343 e. The molecule has 0 saturated heterocycles. The molecule has 3 aromatic rings. The van der Waals surface area contributed by atoms with Gasteiger partial charge < -0.3 is 18.9 Å². The molecule has 0 aliphatic rings. The average Bonchev–Trinajstić information content (AvgIpc) is 2.94. The summed E-state index contributed by atoms with van der Waals surface area (Å²) in [5.41, 5.74) is 2.86. The van der Waals surface area contributed by atoms with Crippen LogP contribution in [0, 0.1) is 0 Å². The van der Waals surface area contributed by atoms with E-state index in [0.29, 0.717) is 36.7 Å². The van der Waals surface area contributed by atoms with E-state index in [4.69, 9.17) is 18.9 Å². The third-order valence-corrected chi connectivity index (χ3v) is 6.08. The summed E-state index contributed by atoms with van der Waals surface area (Å²) in [6, 6.07) is 21.4. The molecular formula is C32H38O6. The summed E-state index contributed by atoms with van der Waals surface area (Å²) in [5, 5.41) is 0. The summed E-state index contributed by atoms with van der Waals surface area (Å²) in [7, 11) is 0. The van der Waals surface area contributed by atoms with E-state index < -0.39 is 5.97 Å². The quantitative estimate of drug-likeness (QED) is 0.118. The van der Waals surface area contributed by atoms with Gasteiger partial charge in [0.1, 0.15) is 18.1 Å². The maximum absolute atomic E-state index is 12.6. The minimum atomic E-state index is -0.467. The van der Waals surface area contributed by atoms with E-state index in [-0.39, 0.29) is 12.1 Å². The van der Waals surface area contributed by atoms with Crippen molar-refractivity contribution in [1.29, 1.82) is 0 Å². The van der Waals surface area contributed by atoms with E-state index in [1.165, 1.54) is 12.8 Å². The molecule has 0 aromatic heterocycles. The summed E-state index contributed by atoms with van der Waals surface area (Å²) in [4.78, 5) is 25.0. The van der Waals surface area contributed by atoms with E-state index in [0.717, 1.165) is 36.1 Å². The molecule has 202 valence electrons. The number of hydrogen-bond acceptors (Lipinski definition) is 6. The SMILES string of the molecule is CCCCCC[C@H](C)OC(=O)c1ccc(OC(=O)c2ccc(-c3ccc(OCCOCC)cc3)cc2)cc1. The first kappa shape index (κ1) is 28.9. The van der Waals surface area contributed by atoms with Gasteiger partial charge in [0.15, 0.2) is 0 Å². The average molecular weight is 519 g/mol. The number of carbonyl (C=O) groups is 2. The molecular weight excluding hydrogens is 480 g/mol. The third-order valence-electron chi connectivity index (χ3n) is 6.08. The molecule has 0 saturated carbocycles. The molecule has 0 aliphatic carbocycles. The van der Waals surface area contributed by atoms with E-state index in [2.05, 4.69) is 6.92 Å². The van der Waals surface area contributed by atoms with Gasteiger partial charge in [-0.3, -0.25) is 0 Å². The Morgan fingerprint density at radius 2 is 1.26 bits per heavy atom. The van der Waals surface area contributed by atoms with E-state index in [9.17, 15) is 9.59 Å². The van der Waals surface area contributed by atoms with Gasteiger partial charge in [0.25, 0.3) is 0 Å². The van der Waals surface area contributed by atoms with Gasteiger partial charge in [0.2, 0.25) is 0 Å². The first-order chi connectivity index (χ1) is 18.5. The Hall–Kier alpha value is -3.64. The molecule has 0 unspecified atom stereocenters. The second kappa shape index (κ2) is 15.6. The zero-order valence-electron chi connectivity index (χ0n) is 22.6. The van der Waals surface area contributed by atoms with Gasteiger partial charge in [-0.15, -0.1) is 0 Å². The number of unbranched alkanes of at least 4 members (excludes halogenated alkanes) is 3. The normalized spacial score (nSPS) is 11.6. The van der Waals surface area contributed by atoms with Crippen molar-refractivity contribution in [1.82, 2.24) is 0 Å². The zero-order chi connectivity index (χ0) is 27.2. The Morgan fingerprint density at radius 1 is 0.684 bits per heavy atom. The van der Waals surface area contributed by atoms with E-state index in [1.807, 2.05) is 50.2 Å². The van der Waals surface area contributed by atoms with Crippen LogP contribution < -0.4 is 9.47 Å². The molecule has 0 N–H and O–H groups in total. The van der Waals surface area contributed by atoms with Crippen molar-refractivity contribution in [2.24, 2.45) is 0 Å². The van der Waals surface area contributed by atoms with Crippen LogP contribution in [0.5, 0.6) is 11.5 Å². The molecule has 0 aliphatic heterocycles. The minimum absolute atomic E-state index is 0.128. The lowest BCUT2D eigenvalue weighted by molar-refractivity contribution is 0.0319. The number of ether oxygens (including phenoxy) is 4. The maximum Gasteiger partial charge on any atom is 0.343 e. The van der Waals surface area contributed by atoms with Gasteiger partial charge in [-0.1, -0.05) is 50.5 Å². The van der Waals surface area contributed by atoms with Crippen LogP contribution in [-0.4, -0.2) is 37.9 Å². The van der Waals surface area contributed by atoms with Crippen molar-refractivity contribution in [3.63, 3.8) is 0 Å². The summed E-state index contributed by atoms with van der Waals surface area (Å²) in [6.07, 6.45) is 5.31. The standard InChI is InChI=1S/C32H38O6/c1-4-6-7-8-9-24(3)37-31(33)28-16-20-30(21-17-28)38-32(34)27-12-10-25(11-13-27)26-14-18-29(19-15-26)36-23-22-35-5-2/h10-21,24H,4-9,22-23H2,1-3H3/t24-/m0/s1. The molecule has 0 amide bonds. The van der Waals surface area contributed by atoms with Gasteiger partial charge >= 0.3 is 11.9 Å². The Morgan fingerprint density at radius 3 is 1.89 bits per heavy atom. The first-order valence-electron chi connectivity index (χ1n) is 13.4. The molecule has 0 bridgehead atoms. The number of hydrogen-bond donors (Lipinski definition) is 0. The molecule has 6 nitrogen and oxygen atoms in total. The Kier molecular flexibility index (Phi) is 11.9. The lowest BCUT2D eigenvalue weighted by atomic mass is 10.0. The molecule has 1 atom stereocenters. The van der Waals surface area contributed by atoms with Crippen molar-refractivity contribution >= 4 is 11.9 Å². The molecule has 0 fully saturated rings. The van der Waals surface area contributed by atoms with Crippen molar-refractivity contribution in [3.05, 3.63) is 83.9 Å². The second-order valence-corrected chi connectivity index (χ2v) is 9.13. The third kappa shape index (κ3) is 9.34. The molecule has 0 radical (unpaired) electrons. The molecule has 3 rings (SSSR count). The van der Waals surface area contributed by atoms with E-state index >= 15 is 0 Å². The Bertz CT molecular complexity index is 1120. The van der Waals surface area contributed by atoms with Gasteiger partial charge in [0, 0.05) is 6.61 Å². The summed E-state index contributed by atoms with van der Waals surface area (Å²) in [5.74, 6) is 0.310. The van der Waals surface area contributed by atoms with Crippen molar-refractivity contribution < 1.29 is 28.5 Å². The molecule has 38 heavy (non-hydrogen) atoms. The molecule has 0 spiro atoms. The number of carbonyl (C=O) groups excluding carboxylic acids is 2. The lowest BCUT2D eigenvalue weighted by Gasteiger charge is -2.13. The van der Waals surface area contributed by atoms with Crippen LogP contribution in [0.1, 0.15) is 73.6 Å². The molecule has 6 heteroatoms. The van der Waals surface area contributed by atoms with Crippen LogP contribution >= 0.6 is 0 Å². The fourth-order valence-corrected chi connectivity index (χ4v) is 3.90. The monoisotopic (exact) mass is 518 g/mol. The van der Waals surface area contributed by atoms with Gasteiger partial charge in [0.05, 0.1) is 23.8 Å². The first-order valence-corrected chi connectivity index (χ1v) is 13.4. The van der Waals surface area contributed by atoms with Crippen molar-refractivity contribution in [2.45, 2.75) is 59.0 Å². The van der Waals surface area contributed by atoms with E-state index in [1.54, 1.807) is 36.4 Å². The van der Waals surface area contributed by atoms with Gasteiger partial charge in [-0.25, -0.2) is 9.59 Å². The zero-order valence-corrected chi connectivity index (χ0v) is 22.6. The number of esters is 2. The van der Waals surface area contributed by atoms with Crippen LogP contribution in [0.3, 0.4) is 0 Å². The van der Waals surface area contributed by atoms with Crippen molar-refractivity contribution in [3.8, 4) is 22.6 Å². The number of benzene rings is 3. The largest absolute Gasteiger partial charge is 0.491 e. The molecule has 3 aromatic carbocycles. The minimum Gasteiger partial charge on any atom is -0.491 e. The van der Waals surface area contributed by atoms with Crippen molar-refractivity contribution in [2.75, 3.05) is 19.8 Å². The lowest BCUT2D eigenvalue weighted by Crippen LogP contribution is -2.15. The fourth-order valence-electron chi connectivity index (χ4n) is 3.90. The van der Waals surface area contributed by atoms with Crippen LogP contribution in [0.4, 0.5) is 0 Å². The van der Waals surface area contributed by atoms with Gasteiger partial charge in [-0.2, -0.15) is 0 Å². The maximum atomic E-state index is 12.6. The highest BCUT2D eigenvalue weighted by atomic mass is 16.5.